The maximum absolute atomic E-state index is 13.0. The second-order valence-corrected chi connectivity index (χ2v) is 7.05. The van der Waals surface area contributed by atoms with Crippen LogP contribution in [-0.2, 0) is 12.8 Å². The Morgan fingerprint density at radius 1 is 0.815 bits per heavy atom. The summed E-state index contributed by atoms with van der Waals surface area (Å²) < 4.78 is 0. The molecule has 2 aliphatic rings. The molecule has 5 rings (SSSR count). The Bertz CT molecular complexity index is 1100. The van der Waals surface area contributed by atoms with Crippen molar-refractivity contribution in [3.05, 3.63) is 81.9 Å². The summed E-state index contributed by atoms with van der Waals surface area (Å²) in [5.74, 6) is -1.49. The molecule has 0 atom stereocenters. The van der Waals surface area contributed by atoms with Gasteiger partial charge in [-0.2, -0.15) is 5.01 Å². The average molecular weight is 356 g/mol. The van der Waals surface area contributed by atoms with Crippen LogP contribution in [-0.4, -0.2) is 22.7 Å². The average Bonchev–Trinajstić information content (AvgIpc) is 3.10. The summed E-state index contributed by atoms with van der Waals surface area (Å²) in [6, 6.07) is 14.4. The Morgan fingerprint density at radius 2 is 1.37 bits per heavy atom. The molecule has 0 aromatic heterocycles. The smallest absolute Gasteiger partial charge is 0.267 e. The summed E-state index contributed by atoms with van der Waals surface area (Å²) in [5, 5.41) is 2.57. The summed E-state index contributed by atoms with van der Waals surface area (Å²) >= 11 is 0. The maximum atomic E-state index is 13.0. The third kappa shape index (κ3) is 2.21. The molecule has 3 aromatic carbocycles. The molecule has 5 nitrogen and oxygen atoms in total. The van der Waals surface area contributed by atoms with Gasteiger partial charge in [0.05, 0.1) is 11.1 Å². The molecule has 1 N–H and O–H groups in total. The number of aryl methyl sites for hydroxylation is 3. The van der Waals surface area contributed by atoms with E-state index in [1.807, 2.05) is 31.2 Å². The lowest BCUT2D eigenvalue weighted by Gasteiger charge is -2.27. The van der Waals surface area contributed by atoms with Gasteiger partial charge in [-0.15, -0.1) is 0 Å². The Balaban J connectivity index is 1.57. The number of hydrazine groups is 1. The molecule has 0 saturated heterocycles. The van der Waals surface area contributed by atoms with E-state index in [2.05, 4.69) is 5.43 Å². The number of nitrogens with one attached hydrogen (secondary N) is 1. The van der Waals surface area contributed by atoms with Gasteiger partial charge in [0.1, 0.15) is 0 Å². The fourth-order valence-corrected chi connectivity index (χ4v) is 3.99. The van der Waals surface area contributed by atoms with Gasteiger partial charge in [-0.1, -0.05) is 29.8 Å². The first-order valence-corrected chi connectivity index (χ1v) is 8.88. The van der Waals surface area contributed by atoms with Crippen LogP contribution in [0.4, 0.5) is 0 Å². The third-order valence-corrected chi connectivity index (χ3v) is 5.39. The Morgan fingerprint density at radius 3 is 1.93 bits per heavy atom. The zero-order chi connectivity index (χ0) is 18.7. The number of imide groups is 1. The van der Waals surface area contributed by atoms with Gasteiger partial charge in [0, 0.05) is 10.9 Å². The van der Waals surface area contributed by atoms with Gasteiger partial charge in [0.15, 0.2) is 0 Å². The number of hydrogen-bond donors (Lipinski definition) is 1. The Labute approximate surface area is 155 Å². The van der Waals surface area contributed by atoms with Crippen molar-refractivity contribution in [3.63, 3.8) is 0 Å². The van der Waals surface area contributed by atoms with Crippen molar-refractivity contribution in [1.82, 2.24) is 10.4 Å². The minimum atomic E-state index is -0.497. The molecule has 0 spiro atoms. The van der Waals surface area contributed by atoms with Crippen LogP contribution in [0, 0.1) is 6.92 Å². The van der Waals surface area contributed by atoms with E-state index in [0.717, 1.165) is 34.2 Å². The molecule has 0 radical (unpaired) electrons. The topological polar surface area (TPSA) is 66.5 Å². The number of amides is 3. The van der Waals surface area contributed by atoms with E-state index >= 15 is 0 Å². The molecule has 1 heterocycles. The number of nitrogens with zero attached hydrogens (tertiary/aromatic N) is 1. The molecule has 132 valence electrons. The lowest BCUT2D eigenvalue weighted by atomic mass is 9.92. The largest absolute Gasteiger partial charge is 0.280 e. The summed E-state index contributed by atoms with van der Waals surface area (Å²) in [7, 11) is 0. The molecular weight excluding hydrogens is 340 g/mol. The second-order valence-electron chi connectivity index (χ2n) is 7.05. The molecule has 3 aromatic rings. The zero-order valence-corrected chi connectivity index (χ0v) is 14.7. The number of carbonyl (C=O) groups excluding carboxylic acids is 3. The van der Waals surface area contributed by atoms with E-state index in [1.54, 1.807) is 24.3 Å². The third-order valence-electron chi connectivity index (χ3n) is 5.39. The van der Waals surface area contributed by atoms with Gasteiger partial charge < -0.3 is 0 Å². The predicted molar refractivity (Wildman–Crippen MR) is 101 cm³/mol. The highest BCUT2D eigenvalue weighted by molar-refractivity contribution is 6.26. The van der Waals surface area contributed by atoms with Crippen LogP contribution in [0.1, 0.15) is 47.8 Å². The predicted octanol–water partition coefficient (Wildman–Crippen LogP) is 3.19. The van der Waals surface area contributed by atoms with Gasteiger partial charge in [0.25, 0.3) is 17.7 Å². The second kappa shape index (κ2) is 5.51. The highest BCUT2D eigenvalue weighted by atomic mass is 16.2. The standard InChI is InChI=1S/C22H16N2O3/c1-12-2-4-15(5-3-12)20(25)23-24-21(26)16-10-8-13-6-7-14-9-11-17(22(24)27)19(16)18(13)14/h2-5,8-11H,6-7H2,1H3,(H,23,25). The minimum absolute atomic E-state index is 0.390. The fraction of sp³-hybridized carbons (Fsp3) is 0.136. The van der Waals surface area contributed by atoms with Crippen molar-refractivity contribution in [2.45, 2.75) is 19.8 Å². The molecule has 3 amide bonds. The zero-order valence-electron chi connectivity index (χ0n) is 14.7. The lowest BCUT2D eigenvalue weighted by molar-refractivity contribution is 0.0479. The molecule has 0 fully saturated rings. The van der Waals surface area contributed by atoms with Gasteiger partial charge >= 0.3 is 0 Å². The Hall–Kier alpha value is -3.47. The van der Waals surface area contributed by atoms with E-state index in [-0.39, 0.29) is 0 Å². The first kappa shape index (κ1) is 15.8. The van der Waals surface area contributed by atoms with Crippen LogP contribution in [0.2, 0.25) is 0 Å². The fourth-order valence-electron chi connectivity index (χ4n) is 3.99. The van der Waals surface area contributed by atoms with Crippen molar-refractivity contribution >= 4 is 28.5 Å². The van der Waals surface area contributed by atoms with E-state index in [1.165, 1.54) is 11.1 Å². The highest BCUT2D eigenvalue weighted by Gasteiger charge is 2.36. The molecular formula is C22H16N2O3. The first-order chi connectivity index (χ1) is 13.0. The Kier molecular flexibility index (Phi) is 3.22. The normalized spacial score (nSPS) is 14.8. The summed E-state index contributed by atoms with van der Waals surface area (Å²) in [5.41, 5.74) is 7.14. The minimum Gasteiger partial charge on any atom is -0.267 e. The van der Waals surface area contributed by atoms with Gasteiger partial charge in [0.2, 0.25) is 0 Å². The molecule has 1 aliphatic carbocycles. The van der Waals surface area contributed by atoms with Crippen molar-refractivity contribution in [2.24, 2.45) is 0 Å². The van der Waals surface area contributed by atoms with Crippen LogP contribution in [0.15, 0.2) is 48.5 Å². The summed E-state index contributed by atoms with van der Waals surface area (Å²) in [6.45, 7) is 1.92. The maximum Gasteiger partial charge on any atom is 0.280 e. The van der Waals surface area contributed by atoms with Crippen LogP contribution >= 0.6 is 0 Å². The molecule has 5 heteroatoms. The van der Waals surface area contributed by atoms with Crippen molar-refractivity contribution < 1.29 is 14.4 Å². The van der Waals surface area contributed by atoms with Crippen molar-refractivity contribution in [3.8, 4) is 0 Å². The van der Waals surface area contributed by atoms with E-state index < -0.39 is 17.7 Å². The molecule has 0 bridgehead atoms. The lowest BCUT2D eigenvalue weighted by Crippen LogP contribution is -2.51. The van der Waals surface area contributed by atoms with Gasteiger partial charge in [-0.3, -0.25) is 19.8 Å². The molecule has 0 unspecified atom stereocenters. The molecule has 27 heavy (non-hydrogen) atoms. The quantitative estimate of drug-likeness (QED) is 0.717. The van der Waals surface area contributed by atoms with Crippen molar-refractivity contribution in [2.75, 3.05) is 0 Å². The summed E-state index contributed by atoms with van der Waals surface area (Å²) in [6.07, 6.45) is 1.84. The van der Waals surface area contributed by atoms with Crippen LogP contribution < -0.4 is 5.43 Å². The first-order valence-electron chi connectivity index (χ1n) is 8.88. The van der Waals surface area contributed by atoms with Gasteiger partial charge in [-0.05, 0) is 60.5 Å². The molecule has 0 saturated carbocycles. The van der Waals surface area contributed by atoms with Crippen LogP contribution in [0.3, 0.4) is 0 Å². The van der Waals surface area contributed by atoms with Crippen LogP contribution in [0.5, 0.6) is 0 Å². The van der Waals surface area contributed by atoms with Gasteiger partial charge in [-0.25, -0.2) is 0 Å². The van der Waals surface area contributed by atoms with Crippen LogP contribution in [0.25, 0.3) is 10.8 Å². The number of carbonyl (C=O) groups is 3. The number of benzene rings is 3. The SMILES string of the molecule is Cc1ccc(C(=O)NN2C(=O)c3ccc4c5c(ccc(c35)C2=O)CC4)cc1. The summed E-state index contributed by atoms with van der Waals surface area (Å²) in [4.78, 5) is 38.5. The van der Waals surface area contributed by atoms with E-state index in [4.69, 9.17) is 0 Å². The number of hydrogen-bond acceptors (Lipinski definition) is 3. The van der Waals surface area contributed by atoms with E-state index in [9.17, 15) is 14.4 Å². The van der Waals surface area contributed by atoms with E-state index in [0.29, 0.717) is 16.7 Å². The number of rotatable bonds is 2. The highest BCUT2D eigenvalue weighted by Crippen LogP contribution is 2.37. The van der Waals surface area contributed by atoms with Crippen molar-refractivity contribution in [1.29, 1.82) is 0 Å². The monoisotopic (exact) mass is 356 g/mol. The molecule has 1 aliphatic heterocycles.